The first-order valence-electron chi connectivity index (χ1n) is 5.82. The Bertz CT molecular complexity index is 482. The van der Waals surface area contributed by atoms with Crippen LogP contribution in [0.3, 0.4) is 0 Å². The third-order valence-electron chi connectivity index (χ3n) is 2.39. The Kier molecular flexibility index (Phi) is 3.50. The number of hydrogen-bond acceptors (Lipinski definition) is 4. The predicted molar refractivity (Wildman–Crippen MR) is 65.7 cm³/mol. The molecule has 1 aliphatic rings. The molecular formula is C13H15NO4. The topological polar surface area (TPSA) is 64.6 Å². The fourth-order valence-corrected chi connectivity index (χ4v) is 1.62. The molecular weight excluding hydrogens is 234 g/mol. The third-order valence-corrected chi connectivity index (χ3v) is 2.39. The maximum atomic E-state index is 11.5. The number of benzene rings is 1. The zero-order chi connectivity index (χ0) is 13.1. The summed E-state index contributed by atoms with van der Waals surface area (Å²) in [5, 5.41) is 2.67. The second kappa shape index (κ2) is 5.08. The highest BCUT2D eigenvalue weighted by molar-refractivity contribution is 5.95. The monoisotopic (exact) mass is 249 g/mol. The van der Waals surface area contributed by atoms with Crippen LogP contribution in [0.5, 0.6) is 11.5 Å². The molecule has 0 atom stereocenters. The standard InChI is InChI=1S/C13H15NO4/c1-8(2)5-13(16)18-9-3-4-10-11(6-9)17-7-12(15)14-10/h3-4,6,8H,5,7H2,1-2H3,(H,14,15). The van der Waals surface area contributed by atoms with E-state index in [1.807, 2.05) is 13.8 Å². The molecule has 5 heteroatoms. The number of hydrogen-bond donors (Lipinski definition) is 1. The Labute approximate surface area is 105 Å². The first kappa shape index (κ1) is 12.4. The van der Waals surface area contributed by atoms with Gasteiger partial charge in [0.25, 0.3) is 5.91 Å². The Morgan fingerprint density at radius 3 is 3.00 bits per heavy atom. The number of ether oxygens (including phenoxy) is 2. The minimum Gasteiger partial charge on any atom is -0.481 e. The molecule has 0 aliphatic carbocycles. The van der Waals surface area contributed by atoms with E-state index >= 15 is 0 Å². The van der Waals surface area contributed by atoms with Crippen LogP contribution in [0, 0.1) is 5.92 Å². The van der Waals surface area contributed by atoms with E-state index in [0.717, 1.165) is 0 Å². The molecule has 0 bridgehead atoms. The normalized spacial score (nSPS) is 13.6. The van der Waals surface area contributed by atoms with Gasteiger partial charge in [0, 0.05) is 12.5 Å². The number of nitrogens with one attached hydrogen (secondary N) is 1. The van der Waals surface area contributed by atoms with Gasteiger partial charge in [-0.1, -0.05) is 13.8 Å². The predicted octanol–water partition coefficient (Wildman–Crippen LogP) is 1.97. The number of anilines is 1. The molecule has 1 aromatic rings. The van der Waals surface area contributed by atoms with E-state index in [4.69, 9.17) is 9.47 Å². The Morgan fingerprint density at radius 2 is 2.28 bits per heavy atom. The van der Waals surface area contributed by atoms with Gasteiger partial charge >= 0.3 is 5.97 Å². The third kappa shape index (κ3) is 3.00. The lowest BCUT2D eigenvalue weighted by Crippen LogP contribution is -2.25. The van der Waals surface area contributed by atoms with Crippen molar-refractivity contribution in [1.82, 2.24) is 0 Å². The van der Waals surface area contributed by atoms with Gasteiger partial charge in [-0.15, -0.1) is 0 Å². The molecule has 2 rings (SSSR count). The molecule has 1 N–H and O–H groups in total. The van der Waals surface area contributed by atoms with E-state index in [0.29, 0.717) is 23.6 Å². The zero-order valence-corrected chi connectivity index (χ0v) is 10.4. The molecule has 1 aromatic carbocycles. The number of carbonyl (C=O) groups excluding carboxylic acids is 2. The summed E-state index contributed by atoms with van der Waals surface area (Å²) in [6.45, 7) is 3.88. The molecule has 0 fully saturated rings. The average Bonchev–Trinajstić information content (AvgIpc) is 2.28. The van der Waals surface area contributed by atoms with Crippen molar-refractivity contribution in [1.29, 1.82) is 0 Å². The van der Waals surface area contributed by atoms with Crippen LogP contribution in [0.1, 0.15) is 20.3 Å². The van der Waals surface area contributed by atoms with Crippen molar-refractivity contribution in [2.45, 2.75) is 20.3 Å². The average molecular weight is 249 g/mol. The maximum absolute atomic E-state index is 11.5. The lowest BCUT2D eigenvalue weighted by molar-refractivity contribution is -0.135. The van der Waals surface area contributed by atoms with E-state index in [1.54, 1.807) is 18.2 Å². The van der Waals surface area contributed by atoms with Crippen molar-refractivity contribution in [2.24, 2.45) is 5.92 Å². The van der Waals surface area contributed by atoms with Crippen LogP contribution >= 0.6 is 0 Å². The van der Waals surface area contributed by atoms with Gasteiger partial charge in [-0.25, -0.2) is 0 Å². The second-order valence-electron chi connectivity index (χ2n) is 4.57. The molecule has 18 heavy (non-hydrogen) atoms. The quantitative estimate of drug-likeness (QED) is 0.657. The smallest absolute Gasteiger partial charge is 0.311 e. The number of carbonyl (C=O) groups is 2. The summed E-state index contributed by atoms with van der Waals surface area (Å²) in [5.74, 6) is 0.738. The molecule has 0 saturated heterocycles. The summed E-state index contributed by atoms with van der Waals surface area (Å²) in [6, 6.07) is 4.89. The van der Waals surface area contributed by atoms with Gasteiger partial charge < -0.3 is 14.8 Å². The van der Waals surface area contributed by atoms with Crippen LogP contribution < -0.4 is 14.8 Å². The van der Waals surface area contributed by atoms with Crippen LogP contribution in [0.2, 0.25) is 0 Å². The molecule has 0 radical (unpaired) electrons. The van der Waals surface area contributed by atoms with Crippen molar-refractivity contribution in [2.75, 3.05) is 11.9 Å². The Hall–Kier alpha value is -2.04. The second-order valence-corrected chi connectivity index (χ2v) is 4.57. The van der Waals surface area contributed by atoms with Gasteiger partial charge in [-0.2, -0.15) is 0 Å². The molecule has 0 saturated carbocycles. The summed E-state index contributed by atoms with van der Waals surface area (Å²) in [7, 11) is 0. The summed E-state index contributed by atoms with van der Waals surface area (Å²) >= 11 is 0. The molecule has 0 aromatic heterocycles. The van der Waals surface area contributed by atoms with Crippen molar-refractivity contribution >= 4 is 17.6 Å². The lowest BCUT2D eigenvalue weighted by atomic mass is 10.1. The summed E-state index contributed by atoms with van der Waals surface area (Å²) < 4.78 is 10.4. The van der Waals surface area contributed by atoms with E-state index < -0.39 is 0 Å². The molecule has 0 spiro atoms. The fourth-order valence-electron chi connectivity index (χ4n) is 1.62. The molecule has 5 nitrogen and oxygen atoms in total. The van der Waals surface area contributed by atoms with Crippen LogP contribution in [0.15, 0.2) is 18.2 Å². The largest absolute Gasteiger partial charge is 0.481 e. The van der Waals surface area contributed by atoms with Crippen molar-refractivity contribution < 1.29 is 19.1 Å². The highest BCUT2D eigenvalue weighted by Gasteiger charge is 2.17. The van der Waals surface area contributed by atoms with Crippen LogP contribution in [-0.2, 0) is 9.59 Å². The SMILES string of the molecule is CC(C)CC(=O)Oc1ccc2c(c1)OCC(=O)N2. The molecule has 1 heterocycles. The van der Waals surface area contributed by atoms with Crippen molar-refractivity contribution in [3.05, 3.63) is 18.2 Å². The molecule has 0 unspecified atom stereocenters. The highest BCUT2D eigenvalue weighted by atomic mass is 16.5. The first-order chi connectivity index (χ1) is 8.54. The molecule has 96 valence electrons. The highest BCUT2D eigenvalue weighted by Crippen LogP contribution is 2.31. The fraction of sp³-hybridized carbons (Fsp3) is 0.385. The van der Waals surface area contributed by atoms with Gasteiger partial charge in [0.05, 0.1) is 5.69 Å². The van der Waals surface area contributed by atoms with Gasteiger partial charge in [-0.3, -0.25) is 9.59 Å². The molecule has 1 amide bonds. The van der Waals surface area contributed by atoms with Crippen LogP contribution in [-0.4, -0.2) is 18.5 Å². The maximum Gasteiger partial charge on any atom is 0.311 e. The van der Waals surface area contributed by atoms with Gasteiger partial charge in [0.2, 0.25) is 0 Å². The minimum absolute atomic E-state index is 0.0175. The van der Waals surface area contributed by atoms with E-state index in [2.05, 4.69) is 5.32 Å². The van der Waals surface area contributed by atoms with Crippen LogP contribution in [0.25, 0.3) is 0 Å². The number of rotatable bonds is 3. The van der Waals surface area contributed by atoms with Crippen molar-refractivity contribution in [3.8, 4) is 11.5 Å². The Morgan fingerprint density at radius 1 is 1.50 bits per heavy atom. The first-order valence-corrected chi connectivity index (χ1v) is 5.82. The van der Waals surface area contributed by atoms with E-state index in [1.165, 1.54) is 0 Å². The lowest BCUT2D eigenvalue weighted by Gasteiger charge is -2.18. The Balaban J connectivity index is 2.07. The van der Waals surface area contributed by atoms with Crippen LogP contribution in [0.4, 0.5) is 5.69 Å². The minimum atomic E-state index is -0.273. The number of amides is 1. The summed E-state index contributed by atoms with van der Waals surface area (Å²) in [4.78, 5) is 22.6. The van der Waals surface area contributed by atoms with Gasteiger partial charge in [0.15, 0.2) is 6.61 Å². The summed E-state index contributed by atoms with van der Waals surface area (Å²) in [5.41, 5.74) is 0.593. The number of fused-ring (bicyclic) bond motifs is 1. The summed E-state index contributed by atoms with van der Waals surface area (Å²) in [6.07, 6.45) is 0.370. The van der Waals surface area contributed by atoms with Gasteiger partial charge in [-0.05, 0) is 18.1 Å². The van der Waals surface area contributed by atoms with Crippen molar-refractivity contribution in [3.63, 3.8) is 0 Å². The number of esters is 1. The van der Waals surface area contributed by atoms with Gasteiger partial charge in [0.1, 0.15) is 11.5 Å². The van der Waals surface area contributed by atoms with E-state index in [9.17, 15) is 9.59 Å². The van der Waals surface area contributed by atoms with E-state index in [-0.39, 0.29) is 24.4 Å². The molecule has 1 aliphatic heterocycles. The zero-order valence-electron chi connectivity index (χ0n) is 10.4.